The molecule has 7 fully saturated rings. The molecule has 18 nitrogen and oxygen atoms in total. The number of hydrogen-bond acceptors (Lipinski definition) is 18. The van der Waals surface area contributed by atoms with Crippen molar-refractivity contribution >= 4 is 0 Å². The maximum Gasteiger partial charge on any atom is 0.187 e. The predicted octanol–water partition coefficient (Wildman–Crippen LogP) is -0.417. The van der Waals surface area contributed by atoms with Crippen molar-refractivity contribution in [3.05, 3.63) is 11.6 Å². The number of ether oxygens (including phenoxy) is 6. The molecule has 25 atom stereocenters. The fourth-order valence-electron chi connectivity index (χ4n) is 15.2. The minimum absolute atomic E-state index is 0.00875. The monoisotopic (exact) mass is 945 g/mol. The van der Waals surface area contributed by atoms with Crippen LogP contribution in [-0.2, 0) is 28.4 Å². The van der Waals surface area contributed by atoms with Crippen molar-refractivity contribution in [2.24, 2.45) is 50.2 Å². The molecule has 0 amide bonds. The normalized spacial score (nSPS) is 55.7. The van der Waals surface area contributed by atoms with Gasteiger partial charge < -0.3 is 89.7 Å². The van der Waals surface area contributed by atoms with Crippen molar-refractivity contribution < 1.29 is 89.7 Å². The molecule has 0 radical (unpaired) electrons. The Balaban J connectivity index is 1.04. The summed E-state index contributed by atoms with van der Waals surface area (Å²) in [5, 5.41) is 132. The summed E-state index contributed by atoms with van der Waals surface area (Å²) in [6.45, 7) is 15.7. The summed E-state index contributed by atoms with van der Waals surface area (Å²) < 4.78 is 36.2. The second-order valence-corrected chi connectivity index (χ2v) is 23.8. The van der Waals surface area contributed by atoms with Gasteiger partial charge in [0, 0.05) is 11.3 Å². The van der Waals surface area contributed by atoms with Crippen LogP contribution in [0.2, 0.25) is 0 Å². The maximum absolute atomic E-state index is 12.5. The van der Waals surface area contributed by atoms with Crippen molar-refractivity contribution in [3.63, 3.8) is 0 Å². The van der Waals surface area contributed by atoms with Gasteiger partial charge in [-0.25, -0.2) is 0 Å². The lowest BCUT2D eigenvalue weighted by molar-refractivity contribution is -0.374. The van der Waals surface area contributed by atoms with Gasteiger partial charge in [0.15, 0.2) is 18.9 Å². The van der Waals surface area contributed by atoms with E-state index in [1.807, 2.05) is 0 Å². The summed E-state index contributed by atoms with van der Waals surface area (Å²) in [5.74, 6) is -0.229. The van der Waals surface area contributed by atoms with Crippen LogP contribution >= 0.6 is 0 Å². The minimum Gasteiger partial charge on any atom is -0.396 e. The molecule has 3 saturated heterocycles. The Hall–Kier alpha value is -0.980. The Labute approximate surface area is 387 Å². The van der Waals surface area contributed by atoms with Crippen LogP contribution in [0.4, 0.5) is 0 Å². The first-order valence-electron chi connectivity index (χ1n) is 24.4. The van der Waals surface area contributed by atoms with Crippen LogP contribution in [0.5, 0.6) is 0 Å². The van der Waals surface area contributed by atoms with Gasteiger partial charge in [0.25, 0.3) is 0 Å². The molecule has 18 heteroatoms. The van der Waals surface area contributed by atoms with E-state index < -0.39 is 151 Å². The van der Waals surface area contributed by atoms with E-state index in [1.54, 1.807) is 0 Å². The lowest BCUT2D eigenvalue weighted by Crippen LogP contribution is -2.69. The number of aliphatic hydroxyl groups excluding tert-OH is 12. The molecule has 5 aliphatic carbocycles. The molecule has 0 aromatic rings. The van der Waals surface area contributed by atoms with Gasteiger partial charge >= 0.3 is 0 Å². The highest BCUT2D eigenvalue weighted by Crippen LogP contribution is 2.76. The maximum atomic E-state index is 12.5. The van der Waals surface area contributed by atoms with Crippen molar-refractivity contribution in [1.29, 1.82) is 0 Å². The van der Waals surface area contributed by atoms with E-state index in [2.05, 4.69) is 54.5 Å². The molecule has 0 bridgehead atoms. The summed E-state index contributed by atoms with van der Waals surface area (Å²) in [6.07, 6.45) is -17.7. The highest BCUT2D eigenvalue weighted by atomic mass is 16.8. The molecule has 3 heterocycles. The zero-order valence-electron chi connectivity index (χ0n) is 39.8. The molecular formula is C48H80O18. The van der Waals surface area contributed by atoms with Crippen molar-refractivity contribution in [1.82, 2.24) is 0 Å². The van der Waals surface area contributed by atoms with Crippen LogP contribution in [0, 0.1) is 50.2 Å². The van der Waals surface area contributed by atoms with Gasteiger partial charge in [0.2, 0.25) is 0 Å². The first-order valence-corrected chi connectivity index (χ1v) is 24.4. The van der Waals surface area contributed by atoms with Crippen LogP contribution in [0.3, 0.4) is 0 Å². The highest BCUT2D eigenvalue weighted by molar-refractivity contribution is 5.37. The second kappa shape index (κ2) is 17.9. The smallest absolute Gasteiger partial charge is 0.187 e. The molecule has 380 valence electrons. The van der Waals surface area contributed by atoms with Gasteiger partial charge in [-0.1, -0.05) is 60.1 Å². The number of fused-ring (bicyclic) bond motifs is 7. The molecule has 66 heavy (non-hydrogen) atoms. The van der Waals surface area contributed by atoms with E-state index in [-0.39, 0.29) is 29.8 Å². The van der Waals surface area contributed by atoms with E-state index in [1.165, 1.54) is 12.5 Å². The third kappa shape index (κ3) is 7.91. The Morgan fingerprint density at radius 1 is 0.636 bits per heavy atom. The average molecular weight is 945 g/mol. The first-order chi connectivity index (χ1) is 30.7. The van der Waals surface area contributed by atoms with Gasteiger partial charge in [-0.3, -0.25) is 0 Å². The molecule has 4 saturated carbocycles. The fourth-order valence-corrected chi connectivity index (χ4v) is 15.2. The number of hydrogen-bond donors (Lipinski definition) is 12. The highest BCUT2D eigenvalue weighted by Gasteiger charge is 2.72. The Morgan fingerprint density at radius 2 is 1.26 bits per heavy atom. The molecule has 8 aliphatic rings. The number of aliphatic hydroxyl groups is 12. The topological polar surface area (TPSA) is 298 Å². The molecule has 12 N–H and O–H groups in total. The minimum atomic E-state index is -1.78. The first kappa shape index (κ1) is 51.4. The van der Waals surface area contributed by atoms with E-state index in [9.17, 15) is 61.3 Å². The summed E-state index contributed by atoms with van der Waals surface area (Å²) in [7, 11) is 0. The summed E-state index contributed by atoms with van der Waals surface area (Å²) in [6, 6.07) is 0. The lowest BCUT2D eigenvalue weighted by Gasteiger charge is -2.72. The predicted molar refractivity (Wildman–Crippen MR) is 231 cm³/mol. The molecule has 8 rings (SSSR count). The van der Waals surface area contributed by atoms with Crippen LogP contribution in [0.15, 0.2) is 11.6 Å². The third-order valence-electron chi connectivity index (χ3n) is 19.4. The van der Waals surface area contributed by atoms with Crippen LogP contribution in [0.25, 0.3) is 0 Å². The van der Waals surface area contributed by atoms with Crippen molar-refractivity contribution in [3.8, 4) is 0 Å². The average Bonchev–Trinajstić information content (AvgIpc) is 3.25. The van der Waals surface area contributed by atoms with Gasteiger partial charge in [-0.2, -0.15) is 0 Å². The molecule has 5 unspecified atom stereocenters. The van der Waals surface area contributed by atoms with Gasteiger partial charge in [-0.05, 0) is 97.2 Å². The molecule has 0 aromatic heterocycles. The summed E-state index contributed by atoms with van der Waals surface area (Å²) in [4.78, 5) is 0. The second-order valence-electron chi connectivity index (χ2n) is 23.8. The quantitative estimate of drug-likeness (QED) is 0.103. The Kier molecular flexibility index (Phi) is 14.0. The van der Waals surface area contributed by atoms with Crippen LogP contribution in [-0.4, -0.2) is 192 Å². The van der Waals surface area contributed by atoms with E-state index >= 15 is 0 Å². The van der Waals surface area contributed by atoms with Crippen molar-refractivity contribution in [2.75, 3.05) is 19.8 Å². The van der Waals surface area contributed by atoms with Gasteiger partial charge in [0.05, 0.1) is 44.2 Å². The van der Waals surface area contributed by atoms with Crippen LogP contribution in [0.1, 0.15) is 107 Å². The van der Waals surface area contributed by atoms with Crippen LogP contribution < -0.4 is 0 Å². The zero-order chi connectivity index (χ0) is 48.4. The third-order valence-corrected chi connectivity index (χ3v) is 19.4. The summed E-state index contributed by atoms with van der Waals surface area (Å²) >= 11 is 0. The van der Waals surface area contributed by atoms with Crippen molar-refractivity contribution in [2.45, 2.75) is 217 Å². The Bertz CT molecular complexity index is 1760. The SMILES string of the molecule is C[C@@H]1O[C@@H](O[C@H]2[C@H](O)[C@@H](O)[C@H](O[C@H]3CC[C@@]4(C)C(CC[C@]5(C)C4C(O)C=C4C6CC(C)(C)CCC6(CO)[C@@H](O)C[C@]45C)C3(C)C)O[C@@H]2CO[C@@H]2O[C@H](CO)[C@@H](O)[C@H](O)[C@H]2O)[C@H](O)[C@H](O)[C@H]1O. The molecule has 3 aliphatic heterocycles. The standard InChI is InChI=1S/C48H80O18/c1-21-30(53)32(55)36(59)41(62-21)66-38-26(19-61-40-35(58)33(56)31(54)25(18-49)63-40)64-42(37(60)34(38)57)65-29-10-11-45(6)27(44(29,4)5)9-12-46(7)39(45)24(51)15-22-23-16-43(2,3)13-14-48(23,20-50)28(52)17-47(22,46)8/h15,21,23-42,49-60H,9-14,16-20H2,1-8H3/t21-,23?,24?,25+,26+,27?,28-,29-,30-,31+,32+,33-,34+,35+,36+,37+,38+,39?,40+,41-,42-,45-,46+,47+,48?/m0/s1. The molecule has 0 aromatic carbocycles. The molecular weight excluding hydrogens is 865 g/mol. The van der Waals surface area contributed by atoms with Gasteiger partial charge in [-0.15, -0.1) is 0 Å². The largest absolute Gasteiger partial charge is 0.396 e. The fraction of sp³-hybridized carbons (Fsp3) is 0.958. The summed E-state index contributed by atoms with van der Waals surface area (Å²) in [5.41, 5.74) is -1.25. The van der Waals surface area contributed by atoms with E-state index in [0.717, 1.165) is 32.1 Å². The van der Waals surface area contributed by atoms with E-state index in [0.29, 0.717) is 19.3 Å². The number of allylic oxidation sites excluding steroid dienone is 1. The Morgan fingerprint density at radius 3 is 1.92 bits per heavy atom. The molecule has 0 spiro atoms. The zero-order valence-corrected chi connectivity index (χ0v) is 39.8. The van der Waals surface area contributed by atoms with E-state index in [4.69, 9.17) is 28.4 Å². The lowest BCUT2D eigenvalue weighted by atomic mass is 9.33. The van der Waals surface area contributed by atoms with Gasteiger partial charge in [0.1, 0.15) is 67.1 Å². The number of rotatable bonds is 9.